The van der Waals surface area contributed by atoms with Crippen LogP contribution in [0.15, 0.2) is 12.2 Å². The van der Waals surface area contributed by atoms with Crippen LogP contribution >= 0.6 is 0 Å². The van der Waals surface area contributed by atoms with Crippen molar-refractivity contribution >= 4 is 18.0 Å². The maximum absolute atomic E-state index is 10.5. The normalized spacial score (nSPS) is 9.55. The zero-order valence-corrected chi connectivity index (χ0v) is 6.07. The second-order valence-electron chi connectivity index (χ2n) is 1.69. The first-order valence-corrected chi connectivity index (χ1v) is 2.93. The zero-order chi connectivity index (χ0) is 8.69. The first-order chi connectivity index (χ1) is 5.20. The predicted octanol–water partition coefficient (Wildman–Crippen LogP) is -0.126. The highest BCUT2D eigenvalue weighted by atomic mass is 16.5. The zero-order valence-electron chi connectivity index (χ0n) is 6.07. The summed E-state index contributed by atoms with van der Waals surface area (Å²) < 4.78 is 4.21. The number of hydrogen-bond acceptors (Lipinski definition) is 4. The van der Waals surface area contributed by atoms with E-state index in [0.717, 1.165) is 12.2 Å². The summed E-state index contributed by atoms with van der Waals surface area (Å²) >= 11 is 0. The van der Waals surface area contributed by atoms with E-state index in [4.69, 9.17) is 0 Å². The lowest BCUT2D eigenvalue weighted by molar-refractivity contribution is -0.135. The molecule has 0 bridgehead atoms. The average Bonchev–Trinajstić information content (AvgIpc) is 2.01. The number of ketones is 1. The minimum Gasteiger partial charge on any atom is -0.466 e. The number of methoxy groups -OCH3 is 1. The Morgan fingerprint density at radius 3 is 2.45 bits per heavy atom. The highest BCUT2D eigenvalue weighted by molar-refractivity contribution is 6.01. The number of ether oxygens (including phenoxy) is 1. The smallest absolute Gasteiger partial charge is 0.330 e. The van der Waals surface area contributed by atoms with E-state index in [-0.39, 0.29) is 6.42 Å². The summed E-state index contributed by atoms with van der Waals surface area (Å²) in [4.78, 5) is 30.7. The van der Waals surface area contributed by atoms with Crippen LogP contribution in [-0.4, -0.2) is 25.1 Å². The molecular weight excluding hydrogens is 148 g/mol. The standard InChI is InChI=1S/C7H8O4/c1-11-7(10)3-2-6(9)4-5-8/h2-3,5H,4H2,1H3. The highest BCUT2D eigenvalue weighted by Gasteiger charge is 1.95. The number of carbonyl (C=O) groups excluding carboxylic acids is 3. The van der Waals surface area contributed by atoms with Crippen molar-refractivity contribution in [2.45, 2.75) is 6.42 Å². The van der Waals surface area contributed by atoms with Gasteiger partial charge in [0.15, 0.2) is 5.78 Å². The highest BCUT2D eigenvalue weighted by Crippen LogP contribution is 1.83. The first kappa shape index (κ1) is 9.55. The molecular formula is C7H8O4. The molecule has 0 aromatic carbocycles. The minimum absolute atomic E-state index is 0.201. The Bertz CT molecular complexity index is 193. The molecule has 0 amide bonds. The minimum atomic E-state index is -0.607. The summed E-state index contributed by atoms with van der Waals surface area (Å²) in [5.74, 6) is -1.02. The Labute approximate surface area is 63.8 Å². The monoisotopic (exact) mass is 156 g/mol. The lowest BCUT2D eigenvalue weighted by Gasteiger charge is -1.87. The van der Waals surface area contributed by atoms with Crippen molar-refractivity contribution in [3.63, 3.8) is 0 Å². The van der Waals surface area contributed by atoms with Crippen LogP contribution in [0.5, 0.6) is 0 Å². The molecule has 0 atom stereocenters. The third-order valence-corrected chi connectivity index (χ3v) is 0.891. The lowest BCUT2D eigenvalue weighted by Crippen LogP contribution is -1.98. The van der Waals surface area contributed by atoms with Crippen molar-refractivity contribution in [1.29, 1.82) is 0 Å². The summed E-state index contributed by atoms with van der Waals surface area (Å²) in [5.41, 5.74) is 0. The van der Waals surface area contributed by atoms with E-state index in [0.29, 0.717) is 6.29 Å². The molecule has 0 N–H and O–H groups in total. The molecule has 60 valence electrons. The van der Waals surface area contributed by atoms with Gasteiger partial charge in [-0.3, -0.25) is 4.79 Å². The van der Waals surface area contributed by atoms with Crippen molar-refractivity contribution in [2.24, 2.45) is 0 Å². The van der Waals surface area contributed by atoms with Crippen LogP contribution in [0.3, 0.4) is 0 Å². The van der Waals surface area contributed by atoms with Gasteiger partial charge in [-0.2, -0.15) is 0 Å². The molecule has 0 aliphatic rings. The molecule has 0 spiro atoms. The first-order valence-electron chi connectivity index (χ1n) is 2.93. The van der Waals surface area contributed by atoms with Gasteiger partial charge in [-0.15, -0.1) is 0 Å². The molecule has 0 fully saturated rings. The van der Waals surface area contributed by atoms with Crippen molar-refractivity contribution < 1.29 is 19.1 Å². The SMILES string of the molecule is COC(=O)C=CC(=O)CC=O. The summed E-state index contributed by atoms with van der Waals surface area (Å²) in [6.45, 7) is 0. The van der Waals surface area contributed by atoms with E-state index in [9.17, 15) is 14.4 Å². The van der Waals surface area contributed by atoms with E-state index in [2.05, 4.69) is 4.74 Å². The lowest BCUT2D eigenvalue weighted by atomic mass is 10.3. The van der Waals surface area contributed by atoms with Gasteiger partial charge < -0.3 is 9.53 Å². The van der Waals surface area contributed by atoms with Gasteiger partial charge in [-0.25, -0.2) is 4.79 Å². The van der Waals surface area contributed by atoms with E-state index >= 15 is 0 Å². The molecule has 0 radical (unpaired) electrons. The quantitative estimate of drug-likeness (QED) is 0.246. The van der Waals surface area contributed by atoms with E-state index < -0.39 is 11.8 Å². The molecule has 0 heterocycles. The van der Waals surface area contributed by atoms with Crippen LogP contribution in [0, 0.1) is 0 Å². The second-order valence-corrected chi connectivity index (χ2v) is 1.69. The van der Waals surface area contributed by atoms with Crippen LogP contribution < -0.4 is 0 Å². The maximum Gasteiger partial charge on any atom is 0.330 e. The van der Waals surface area contributed by atoms with Crippen molar-refractivity contribution in [3.8, 4) is 0 Å². The van der Waals surface area contributed by atoms with E-state index in [1.54, 1.807) is 0 Å². The number of hydrogen-bond donors (Lipinski definition) is 0. The van der Waals surface area contributed by atoms with Gasteiger partial charge in [-0.05, 0) is 6.08 Å². The molecule has 11 heavy (non-hydrogen) atoms. The third kappa shape index (κ3) is 5.02. The molecule has 0 aromatic rings. The number of carbonyl (C=O) groups is 3. The predicted molar refractivity (Wildman–Crippen MR) is 36.8 cm³/mol. The van der Waals surface area contributed by atoms with Crippen molar-refractivity contribution in [2.75, 3.05) is 7.11 Å². The number of rotatable bonds is 4. The van der Waals surface area contributed by atoms with E-state index in [1.807, 2.05) is 0 Å². The molecule has 0 aliphatic carbocycles. The molecule has 0 aromatic heterocycles. The topological polar surface area (TPSA) is 60.4 Å². The molecule has 0 unspecified atom stereocenters. The fourth-order valence-electron chi connectivity index (χ4n) is 0.379. The summed E-state index contributed by atoms with van der Waals surface area (Å²) in [7, 11) is 1.21. The van der Waals surface area contributed by atoms with Gasteiger partial charge in [0.1, 0.15) is 6.29 Å². The third-order valence-electron chi connectivity index (χ3n) is 0.891. The van der Waals surface area contributed by atoms with Crippen molar-refractivity contribution in [1.82, 2.24) is 0 Å². The summed E-state index contributed by atoms with van der Waals surface area (Å²) in [6.07, 6.45) is 2.27. The van der Waals surface area contributed by atoms with Crippen LogP contribution in [0.25, 0.3) is 0 Å². The van der Waals surface area contributed by atoms with Gasteiger partial charge in [0.05, 0.1) is 13.5 Å². The second kappa shape index (κ2) is 5.34. The van der Waals surface area contributed by atoms with Gasteiger partial charge in [-0.1, -0.05) is 0 Å². The Morgan fingerprint density at radius 2 is 2.00 bits per heavy atom. The van der Waals surface area contributed by atoms with Crippen LogP contribution in [-0.2, 0) is 19.1 Å². The maximum atomic E-state index is 10.5. The average molecular weight is 156 g/mol. The molecule has 4 nitrogen and oxygen atoms in total. The largest absolute Gasteiger partial charge is 0.466 e. The molecule has 4 heteroatoms. The number of esters is 1. The van der Waals surface area contributed by atoms with Crippen LogP contribution in [0.1, 0.15) is 6.42 Å². The molecule has 0 saturated heterocycles. The Morgan fingerprint density at radius 1 is 1.36 bits per heavy atom. The molecule has 0 rings (SSSR count). The Balaban J connectivity index is 3.82. The fraction of sp³-hybridized carbons (Fsp3) is 0.286. The van der Waals surface area contributed by atoms with Gasteiger partial charge >= 0.3 is 5.97 Å². The molecule has 0 aliphatic heterocycles. The number of allylic oxidation sites excluding steroid dienone is 1. The fourth-order valence-corrected chi connectivity index (χ4v) is 0.379. The Hall–Kier alpha value is -1.45. The van der Waals surface area contributed by atoms with Gasteiger partial charge in [0.2, 0.25) is 0 Å². The van der Waals surface area contributed by atoms with Gasteiger partial charge in [0, 0.05) is 6.08 Å². The van der Waals surface area contributed by atoms with E-state index in [1.165, 1.54) is 7.11 Å². The Kier molecular flexibility index (Phi) is 4.64. The summed E-state index contributed by atoms with van der Waals surface area (Å²) in [6, 6.07) is 0. The van der Waals surface area contributed by atoms with Crippen LogP contribution in [0.2, 0.25) is 0 Å². The van der Waals surface area contributed by atoms with Crippen molar-refractivity contribution in [3.05, 3.63) is 12.2 Å². The van der Waals surface area contributed by atoms with Gasteiger partial charge in [0.25, 0.3) is 0 Å². The van der Waals surface area contributed by atoms with Crippen LogP contribution in [0.4, 0.5) is 0 Å². The summed E-state index contributed by atoms with van der Waals surface area (Å²) in [5, 5.41) is 0. The number of aldehydes is 1. The molecule has 0 saturated carbocycles.